The van der Waals surface area contributed by atoms with Gasteiger partial charge in [-0.3, -0.25) is 9.59 Å². The Morgan fingerprint density at radius 1 is 1.17 bits per heavy atom. The predicted molar refractivity (Wildman–Crippen MR) is 90.0 cm³/mol. The average molecular weight is 328 g/mol. The number of pyridine rings is 1. The topological polar surface area (TPSA) is 87.5 Å². The van der Waals surface area contributed by atoms with Crippen LogP contribution in [0.1, 0.15) is 29.8 Å². The molecule has 0 unspecified atom stereocenters. The predicted octanol–water partition coefficient (Wildman–Crippen LogP) is 2.03. The zero-order valence-corrected chi connectivity index (χ0v) is 13.3. The van der Waals surface area contributed by atoms with Crippen LogP contribution in [0, 0.1) is 0 Å². The number of amides is 2. The number of carbonyl (C=O) groups excluding carboxylic acids is 2. The van der Waals surface area contributed by atoms with Crippen LogP contribution < -0.4 is 15.5 Å². The molecule has 0 aromatic carbocycles. The van der Waals surface area contributed by atoms with E-state index in [4.69, 9.17) is 4.42 Å². The number of piperidine rings is 1. The van der Waals surface area contributed by atoms with Gasteiger partial charge in [-0.1, -0.05) is 0 Å². The lowest BCUT2D eigenvalue weighted by molar-refractivity contribution is -0.115. The quantitative estimate of drug-likeness (QED) is 0.877. The van der Waals surface area contributed by atoms with Crippen molar-refractivity contribution in [1.29, 1.82) is 0 Å². The molecule has 1 aliphatic rings. The Kier molecular flexibility index (Phi) is 5.10. The number of carbonyl (C=O) groups is 2. The first kappa shape index (κ1) is 16.0. The molecule has 126 valence electrons. The number of nitrogens with zero attached hydrogens (tertiary/aromatic N) is 2. The lowest BCUT2D eigenvalue weighted by Gasteiger charge is -2.27. The van der Waals surface area contributed by atoms with Crippen molar-refractivity contribution in [3.8, 4) is 0 Å². The van der Waals surface area contributed by atoms with E-state index in [1.54, 1.807) is 12.3 Å². The Morgan fingerprint density at radius 2 is 2.00 bits per heavy atom. The summed E-state index contributed by atoms with van der Waals surface area (Å²) in [5.74, 6) is 0.366. The number of aromatic nitrogens is 1. The first-order valence-electron chi connectivity index (χ1n) is 8.05. The SMILES string of the molecule is O=C(CNC(=O)c1ccco1)Nc1ccc(N2CCCCC2)nc1. The molecule has 0 atom stereocenters. The van der Waals surface area contributed by atoms with Crippen molar-refractivity contribution in [3.05, 3.63) is 42.5 Å². The molecule has 2 aromatic rings. The molecule has 3 rings (SSSR count). The van der Waals surface area contributed by atoms with Crippen LogP contribution in [-0.2, 0) is 4.79 Å². The van der Waals surface area contributed by atoms with E-state index in [2.05, 4.69) is 20.5 Å². The third-order valence-electron chi connectivity index (χ3n) is 3.87. The van der Waals surface area contributed by atoms with Crippen LogP contribution in [0.15, 0.2) is 41.1 Å². The minimum Gasteiger partial charge on any atom is -0.459 e. The van der Waals surface area contributed by atoms with E-state index < -0.39 is 5.91 Å². The van der Waals surface area contributed by atoms with E-state index in [1.807, 2.05) is 12.1 Å². The highest BCUT2D eigenvalue weighted by atomic mass is 16.3. The van der Waals surface area contributed by atoms with Gasteiger partial charge in [0.15, 0.2) is 5.76 Å². The summed E-state index contributed by atoms with van der Waals surface area (Å²) in [6, 6.07) is 6.88. The van der Waals surface area contributed by atoms with Crippen molar-refractivity contribution >= 4 is 23.3 Å². The third-order valence-corrected chi connectivity index (χ3v) is 3.87. The standard InChI is InChI=1S/C17H20N4O3/c22-16(12-19-17(23)14-5-4-10-24-14)20-13-6-7-15(18-11-13)21-8-2-1-3-9-21/h4-7,10-11H,1-3,8-9,12H2,(H,19,23)(H,20,22). The van der Waals surface area contributed by atoms with Gasteiger partial charge in [0.2, 0.25) is 5.91 Å². The fourth-order valence-electron chi connectivity index (χ4n) is 2.63. The van der Waals surface area contributed by atoms with E-state index >= 15 is 0 Å². The molecule has 1 fully saturated rings. The fraction of sp³-hybridized carbons (Fsp3) is 0.353. The number of rotatable bonds is 5. The number of furan rings is 1. The minimum atomic E-state index is -0.422. The molecule has 2 amide bonds. The van der Waals surface area contributed by atoms with Crippen LogP contribution >= 0.6 is 0 Å². The van der Waals surface area contributed by atoms with Crippen molar-refractivity contribution < 1.29 is 14.0 Å². The number of anilines is 2. The second-order valence-electron chi connectivity index (χ2n) is 5.66. The number of hydrogen-bond acceptors (Lipinski definition) is 5. The summed E-state index contributed by atoms with van der Waals surface area (Å²) in [5.41, 5.74) is 0.605. The molecule has 1 aliphatic heterocycles. The summed E-state index contributed by atoms with van der Waals surface area (Å²) in [6.07, 6.45) is 6.69. The monoisotopic (exact) mass is 328 g/mol. The van der Waals surface area contributed by atoms with Gasteiger partial charge < -0.3 is 20.0 Å². The van der Waals surface area contributed by atoms with Gasteiger partial charge in [0.05, 0.1) is 24.7 Å². The van der Waals surface area contributed by atoms with Crippen LogP contribution in [0.25, 0.3) is 0 Å². The van der Waals surface area contributed by atoms with E-state index in [0.717, 1.165) is 18.9 Å². The lowest BCUT2D eigenvalue weighted by Crippen LogP contribution is -2.32. The largest absolute Gasteiger partial charge is 0.459 e. The van der Waals surface area contributed by atoms with Crippen molar-refractivity contribution in [3.63, 3.8) is 0 Å². The summed E-state index contributed by atoms with van der Waals surface area (Å²) in [4.78, 5) is 30.2. The molecular formula is C17H20N4O3. The van der Waals surface area contributed by atoms with E-state index in [9.17, 15) is 9.59 Å². The van der Waals surface area contributed by atoms with Crippen molar-refractivity contribution in [1.82, 2.24) is 10.3 Å². The highest BCUT2D eigenvalue weighted by Crippen LogP contribution is 2.18. The summed E-state index contributed by atoms with van der Waals surface area (Å²) in [5, 5.41) is 5.20. The molecule has 3 heterocycles. The molecule has 24 heavy (non-hydrogen) atoms. The summed E-state index contributed by atoms with van der Waals surface area (Å²) in [6.45, 7) is 1.92. The van der Waals surface area contributed by atoms with E-state index in [1.165, 1.54) is 31.6 Å². The fourth-order valence-corrected chi connectivity index (χ4v) is 2.63. The molecule has 0 saturated carbocycles. The van der Waals surface area contributed by atoms with Gasteiger partial charge >= 0.3 is 0 Å². The Labute approximate surface area is 140 Å². The molecular weight excluding hydrogens is 308 g/mol. The molecule has 2 N–H and O–H groups in total. The molecule has 0 aliphatic carbocycles. The van der Waals surface area contributed by atoms with Gasteiger partial charge in [-0.15, -0.1) is 0 Å². The second kappa shape index (κ2) is 7.63. The van der Waals surface area contributed by atoms with E-state index in [0.29, 0.717) is 5.69 Å². The highest BCUT2D eigenvalue weighted by molar-refractivity contribution is 5.97. The third kappa shape index (κ3) is 4.13. The van der Waals surface area contributed by atoms with Crippen molar-refractivity contribution in [2.45, 2.75) is 19.3 Å². The highest BCUT2D eigenvalue weighted by Gasteiger charge is 2.13. The summed E-state index contributed by atoms with van der Waals surface area (Å²) >= 11 is 0. The van der Waals surface area contributed by atoms with Crippen LogP contribution in [0.3, 0.4) is 0 Å². The Balaban J connectivity index is 1.48. The average Bonchev–Trinajstić information content (AvgIpc) is 3.16. The van der Waals surface area contributed by atoms with Gasteiger partial charge in [-0.25, -0.2) is 4.98 Å². The molecule has 1 saturated heterocycles. The van der Waals surface area contributed by atoms with Crippen molar-refractivity contribution in [2.75, 3.05) is 29.9 Å². The molecule has 7 heteroatoms. The van der Waals surface area contributed by atoms with Gasteiger partial charge in [0, 0.05) is 13.1 Å². The lowest BCUT2D eigenvalue weighted by atomic mass is 10.1. The number of nitrogens with one attached hydrogen (secondary N) is 2. The van der Waals surface area contributed by atoms with Gasteiger partial charge in [-0.05, 0) is 43.5 Å². The van der Waals surface area contributed by atoms with Gasteiger partial charge in [0.25, 0.3) is 5.91 Å². The minimum absolute atomic E-state index is 0.132. The summed E-state index contributed by atoms with van der Waals surface area (Å²) in [7, 11) is 0. The Hall–Kier alpha value is -2.83. The van der Waals surface area contributed by atoms with Crippen LogP contribution in [0.2, 0.25) is 0 Å². The molecule has 0 radical (unpaired) electrons. The maximum absolute atomic E-state index is 11.9. The summed E-state index contributed by atoms with van der Waals surface area (Å²) < 4.78 is 4.96. The number of hydrogen-bond donors (Lipinski definition) is 2. The first-order chi connectivity index (χ1) is 11.7. The Morgan fingerprint density at radius 3 is 2.67 bits per heavy atom. The molecule has 0 spiro atoms. The van der Waals surface area contributed by atoms with Crippen LogP contribution in [-0.4, -0.2) is 36.4 Å². The first-order valence-corrected chi connectivity index (χ1v) is 8.05. The van der Waals surface area contributed by atoms with Crippen LogP contribution in [0.5, 0.6) is 0 Å². The second-order valence-corrected chi connectivity index (χ2v) is 5.66. The normalized spacial score (nSPS) is 14.2. The molecule has 7 nitrogen and oxygen atoms in total. The molecule has 2 aromatic heterocycles. The maximum atomic E-state index is 11.9. The van der Waals surface area contributed by atoms with Crippen molar-refractivity contribution in [2.24, 2.45) is 0 Å². The van der Waals surface area contributed by atoms with Crippen LogP contribution in [0.4, 0.5) is 11.5 Å². The molecule has 0 bridgehead atoms. The van der Waals surface area contributed by atoms with E-state index in [-0.39, 0.29) is 18.2 Å². The zero-order valence-electron chi connectivity index (χ0n) is 13.3. The zero-order chi connectivity index (χ0) is 16.8. The smallest absolute Gasteiger partial charge is 0.287 e. The van der Waals surface area contributed by atoms with Gasteiger partial charge in [0.1, 0.15) is 5.82 Å². The van der Waals surface area contributed by atoms with Gasteiger partial charge in [-0.2, -0.15) is 0 Å². The Bertz CT molecular complexity index is 676. The maximum Gasteiger partial charge on any atom is 0.287 e.